The first-order valence-corrected chi connectivity index (χ1v) is 10.3. The van der Waals surface area contributed by atoms with E-state index < -0.39 is 0 Å². The first-order chi connectivity index (χ1) is 14.5. The van der Waals surface area contributed by atoms with Crippen LogP contribution in [0.1, 0.15) is 11.1 Å². The zero-order valence-electron chi connectivity index (χ0n) is 16.2. The standard InChI is InChI=1S/C19H17ClN8OS/c1-12-4-3-5-13(2)18(12)28-19(24-25-26-28)30-9-17(29)23-15-8-14(20)6-7-16(15)27-11-21-10-22-27/h3-8,10-11H,9H2,1-2H3,(H,23,29). The fourth-order valence-electron chi connectivity index (χ4n) is 3.01. The molecule has 0 aliphatic rings. The van der Waals surface area contributed by atoms with Crippen molar-refractivity contribution in [3.8, 4) is 11.4 Å². The van der Waals surface area contributed by atoms with Crippen molar-refractivity contribution in [2.75, 3.05) is 11.1 Å². The van der Waals surface area contributed by atoms with Gasteiger partial charge in [-0.3, -0.25) is 4.79 Å². The van der Waals surface area contributed by atoms with Gasteiger partial charge in [0.05, 0.1) is 22.8 Å². The van der Waals surface area contributed by atoms with Gasteiger partial charge in [-0.2, -0.15) is 9.78 Å². The summed E-state index contributed by atoms with van der Waals surface area (Å²) in [5.74, 6) is -0.103. The third-order valence-electron chi connectivity index (χ3n) is 4.32. The predicted molar refractivity (Wildman–Crippen MR) is 114 cm³/mol. The second-order valence-electron chi connectivity index (χ2n) is 6.45. The molecule has 0 saturated heterocycles. The number of amides is 1. The Hall–Kier alpha value is -3.24. The van der Waals surface area contributed by atoms with E-state index in [0.717, 1.165) is 16.8 Å². The first kappa shape index (κ1) is 20.0. The SMILES string of the molecule is Cc1cccc(C)c1-n1nnnc1SCC(=O)Nc1cc(Cl)ccc1-n1cncn1. The van der Waals surface area contributed by atoms with Crippen molar-refractivity contribution < 1.29 is 4.79 Å². The molecule has 2 aromatic heterocycles. The number of nitrogens with one attached hydrogen (secondary N) is 1. The molecule has 4 rings (SSSR count). The summed E-state index contributed by atoms with van der Waals surface area (Å²) in [6, 6.07) is 11.1. The summed E-state index contributed by atoms with van der Waals surface area (Å²) in [4.78, 5) is 16.6. The van der Waals surface area contributed by atoms with Crippen molar-refractivity contribution in [3.63, 3.8) is 0 Å². The van der Waals surface area contributed by atoms with Gasteiger partial charge in [-0.25, -0.2) is 9.67 Å². The van der Waals surface area contributed by atoms with Crippen molar-refractivity contribution in [2.24, 2.45) is 0 Å². The Balaban J connectivity index is 1.50. The summed E-state index contributed by atoms with van der Waals surface area (Å²) < 4.78 is 3.21. The summed E-state index contributed by atoms with van der Waals surface area (Å²) in [5.41, 5.74) is 4.20. The molecule has 0 fully saturated rings. The first-order valence-electron chi connectivity index (χ1n) is 8.95. The lowest BCUT2D eigenvalue weighted by Gasteiger charge is -2.12. The highest BCUT2D eigenvalue weighted by atomic mass is 35.5. The molecule has 2 heterocycles. The highest BCUT2D eigenvalue weighted by Gasteiger charge is 2.16. The van der Waals surface area contributed by atoms with E-state index in [1.807, 2.05) is 32.0 Å². The molecule has 11 heteroatoms. The summed E-state index contributed by atoms with van der Waals surface area (Å²) in [5, 5.41) is 20.0. The smallest absolute Gasteiger partial charge is 0.234 e. The minimum absolute atomic E-state index is 0.120. The summed E-state index contributed by atoms with van der Waals surface area (Å²) in [6.45, 7) is 3.99. The quantitative estimate of drug-likeness (QED) is 0.459. The van der Waals surface area contributed by atoms with Crippen LogP contribution in [0.15, 0.2) is 54.2 Å². The minimum atomic E-state index is -0.223. The number of anilines is 1. The van der Waals surface area contributed by atoms with Gasteiger partial charge in [-0.05, 0) is 53.6 Å². The number of hydrogen-bond donors (Lipinski definition) is 1. The number of para-hydroxylation sites is 1. The Bertz CT molecular complexity index is 1170. The number of carbonyl (C=O) groups excluding carboxylic acids is 1. The largest absolute Gasteiger partial charge is 0.323 e. The van der Waals surface area contributed by atoms with E-state index in [1.54, 1.807) is 33.9 Å². The number of tetrazole rings is 1. The van der Waals surface area contributed by atoms with Gasteiger partial charge >= 0.3 is 0 Å². The number of benzene rings is 2. The molecule has 0 atom stereocenters. The van der Waals surface area contributed by atoms with Crippen LogP contribution in [0.25, 0.3) is 11.4 Å². The predicted octanol–water partition coefficient (Wildman–Crippen LogP) is 3.24. The van der Waals surface area contributed by atoms with Crippen LogP contribution in [0.4, 0.5) is 5.69 Å². The molecule has 152 valence electrons. The van der Waals surface area contributed by atoms with Gasteiger partial charge in [0.15, 0.2) is 0 Å². The summed E-state index contributed by atoms with van der Waals surface area (Å²) >= 11 is 7.35. The molecule has 2 aromatic carbocycles. The second-order valence-corrected chi connectivity index (χ2v) is 7.83. The Morgan fingerprint density at radius 1 is 1.20 bits per heavy atom. The molecule has 1 N–H and O–H groups in total. The van der Waals surface area contributed by atoms with Gasteiger partial charge in [0.2, 0.25) is 11.1 Å². The average Bonchev–Trinajstić information content (AvgIpc) is 3.39. The topological polar surface area (TPSA) is 103 Å². The monoisotopic (exact) mass is 440 g/mol. The molecule has 9 nitrogen and oxygen atoms in total. The molecule has 0 spiro atoms. The minimum Gasteiger partial charge on any atom is -0.323 e. The van der Waals surface area contributed by atoms with Crippen molar-refractivity contribution in [3.05, 3.63) is 65.2 Å². The fourth-order valence-corrected chi connectivity index (χ4v) is 3.85. The Morgan fingerprint density at radius 3 is 2.73 bits per heavy atom. The van der Waals surface area contributed by atoms with E-state index in [1.165, 1.54) is 18.1 Å². The third-order valence-corrected chi connectivity index (χ3v) is 5.48. The van der Waals surface area contributed by atoms with Gasteiger partial charge in [-0.15, -0.1) is 5.10 Å². The normalized spacial score (nSPS) is 10.9. The molecule has 1 amide bonds. The number of aryl methyl sites for hydroxylation is 2. The van der Waals surface area contributed by atoms with Crippen molar-refractivity contribution >= 4 is 35.0 Å². The van der Waals surface area contributed by atoms with E-state index in [9.17, 15) is 4.79 Å². The molecule has 0 bridgehead atoms. The molecular formula is C19H17ClN8OS. The van der Waals surface area contributed by atoms with Crippen LogP contribution < -0.4 is 5.32 Å². The maximum atomic E-state index is 12.6. The zero-order chi connectivity index (χ0) is 21.1. The van der Waals surface area contributed by atoms with Crippen LogP contribution in [0.2, 0.25) is 5.02 Å². The van der Waals surface area contributed by atoms with Crippen LogP contribution in [0.3, 0.4) is 0 Å². The number of carbonyl (C=O) groups is 1. The van der Waals surface area contributed by atoms with Gasteiger partial charge < -0.3 is 5.32 Å². The number of hydrogen-bond acceptors (Lipinski definition) is 7. The van der Waals surface area contributed by atoms with Crippen LogP contribution in [-0.4, -0.2) is 46.6 Å². The van der Waals surface area contributed by atoms with Crippen LogP contribution in [0.5, 0.6) is 0 Å². The van der Waals surface area contributed by atoms with Gasteiger partial charge in [0, 0.05) is 5.02 Å². The van der Waals surface area contributed by atoms with E-state index in [4.69, 9.17) is 11.6 Å². The number of thioether (sulfide) groups is 1. The van der Waals surface area contributed by atoms with Gasteiger partial charge in [-0.1, -0.05) is 41.6 Å². The average molecular weight is 441 g/mol. The Labute approximate surface area is 181 Å². The van der Waals surface area contributed by atoms with Crippen molar-refractivity contribution in [1.29, 1.82) is 0 Å². The molecule has 30 heavy (non-hydrogen) atoms. The fraction of sp³-hybridized carbons (Fsp3) is 0.158. The lowest BCUT2D eigenvalue weighted by molar-refractivity contribution is -0.113. The summed E-state index contributed by atoms with van der Waals surface area (Å²) in [7, 11) is 0. The number of halogens is 1. The van der Waals surface area contributed by atoms with E-state index in [2.05, 4.69) is 30.9 Å². The van der Waals surface area contributed by atoms with E-state index in [-0.39, 0.29) is 11.7 Å². The van der Waals surface area contributed by atoms with Gasteiger partial charge in [0.25, 0.3) is 0 Å². The van der Waals surface area contributed by atoms with Crippen LogP contribution in [0, 0.1) is 13.8 Å². The molecule has 4 aromatic rings. The molecule has 0 unspecified atom stereocenters. The van der Waals surface area contributed by atoms with Crippen LogP contribution >= 0.6 is 23.4 Å². The Morgan fingerprint density at radius 2 is 2.00 bits per heavy atom. The molecule has 0 radical (unpaired) electrons. The highest BCUT2D eigenvalue weighted by molar-refractivity contribution is 7.99. The maximum absolute atomic E-state index is 12.6. The Kier molecular flexibility index (Phi) is 5.77. The lowest BCUT2D eigenvalue weighted by Crippen LogP contribution is -2.16. The highest BCUT2D eigenvalue weighted by Crippen LogP contribution is 2.26. The second kappa shape index (κ2) is 8.64. The molecule has 0 aliphatic heterocycles. The number of rotatable bonds is 6. The van der Waals surface area contributed by atoms with E-state index >= 15 is 0 Å². The number of nitrogens with zero attached hydrogens (tertiary/aromatic N) is 7. The van der Waals surface area contributed by atoms with Crippen molar-refractivity contribution in [1.82, 2.24) is 35.0 Å². The summed E-state index contributed by atoms with van der Waals surface area (Å²) in [6.07, 6.45) is 2.97. The lowest BCUT2D eigenvalue weighted by atomic mass is 10.1. The van der Waals surface area contributed by atoms with E-state index in [0.29, 0.717) is 21.6 Å². The third kappa shape index (κ3) is 4.19. The molecule has 0 aliphatic carbocycles. The maximum Gasteiger partial charge on any atom is 0.234 e. The number of aromatic nitrogens is 7. The zero-order valence-corrected chi connectivity index (χ0v) is 17.7. The molecular weight excluding hydrogens is 424 g/mol. The van der Waals surface area contributed by atoms with Crippen LogP contribution in [-0.2, 0) is 4.79 Å². The van der Waals surface area contributed by atoms with Gasteiger partial charge in [0.1, 0.15) is 12.7 Å². The van der Waals surface area contributed by atoms with Crippen molar-refractivity contribution in [2.45, 2.75) is 19.0 Å². The molecule has 0 saturated carbocycles.